The molecular weight excluding hydrogens is 251 g/mol. The highest BCUT2D eigenvalue weighted by atomic mass is 19.1. The number of hydrogen-bond acceptors (Lipinski definition) is 4. The van der Waals surface area contributed by atoms with Crippen LogP contribution in [0.1, 0.15) is 11.1 Å². The van der Waals surface area contributed by atoms with Crippen LogP contribution in [0.2, 0.25) is 0 Å². The Morgan fingerprint density at radius 1 is 1.53 bits per heavy atom. The minimum Gasteiger partial charge on any atom is -0.409 e. The van der Waals surface area contributed by atoms with Gasteiger partial charge in [-0.1, -0.05) is 5.16 Å². The second-order valence-corrected chi connectivity index (χ2v) is 3.85. The summed E-state index contributed by atoms with van der Waals surface area (Å²) in [5, 5.41) is 11.4. The first-order chi connectivity index (χ1) is 9.11. The molecule has 0 unspecified atom stereocenters. The number of nitrogens with zero attached hydrogens (tertiary/aromatic N) is 3. The van der Waals surface area contributed by atoms with E-state index in [2.05, 4.69) is 10.1 Å². The predicted octanol–water partition coefficient (Wildman–Crippen LogP) is 0.525. The van der Waals surface area contributed by atoms with Crippen molar-refractivity contribution in [2.45, 2.75) is 6.54 Å². The van der Waals surface area contributed by atoms with E-state index in [0.29, 0.717) is 5.56 Å². The second kappa shape index (κ2) is 5.30. The number of aromatic nitrogens is 2. The van der Waals surface area contributed by atoms with Crippen molar-refractivity contribution in [3.63, 3.8) is 0 Å². The first-order valence-electron chi connectivity index (χ1n) is 5.38. The molecule has 0 saturated heterocycles. The Kier molecular flexibility index (Phi) is 3.56. The molecule has 7 heteroatoms. The van der Waals surface area contributed by atoms with Crippen LogP contribution < -0.4 is 11.3 Å². The zero-order valence-electron chi connectivity index (χ0n) is 9.82. The maximum Gasteiger partial charge on any atom is 0.261 e. The maximum absolute atomic E-state index is 13.0. The largest absolute Gasteiger partial charge is 0.409 e. The van der Waals surface area contributed by atoms with Gasteiger partial charge in [-0.3, -0.25) is 9.78 Å². The highest BCUT2D eigenvalue weighted by Gasteiger charge is 2.08. The SMILES string of the molecule is N/C(=N/O)c1cccn(Cc2cncc(F)c2)c1=O. The summed E-state index contributed by atoms with van der Waals surface area (Å²) < 4.78 is 14.3. The quantitative estimate of drug-likeness (QED) is 0.365. The Morgan fingerprint density at radius 3 is 3.00 bits per heavy atom. The summed E-state index contributed by atoms with van der Waals surface area (Å²) in [7, 11) is 0. The fraction of sp³-hybridized carbons (Fsp3) is 0.0833. The number of nitrogens with two attached hydrogens (primary N) is 1. The van der Waals surface area contributed by atoms with Gasteiger partial charge in [0.2, 0.25) is 0 Å². The Labute approximate surface area is 107 Å². The van der Waals surface area contributed by atoms with Crippen LogP contribution in [-0.2, 0) is 6.54 Å². The molecule has 0 spiro atoms. The summed E-state index contributed by atoms with van der Waals surface area (Å²) in [6, 6.07) is 4.31. The molecule has 98 valence electrons. The van der Waals surface area contributed by atoms with Crippen LogP contribution in [0.5, 0.6) is 0 Å². The molecule has 6 nitrogen and oxygen atoms in total. The van der Waals surface area contributed by atoms with E-state index in [1.54, 1.807) is 6.07 Å². The molecule has 2 aromatic rings. The van der Waals surface area contributed by atoms with Gasteiger partial charge in [0.05, 0.1) is 18.3 Å². The molecule has 0 aliphatic carbocycles. The third-order valence-corrected chi connectivity index (χ3v) is 2.52. The molecule has 19 heavy (non-hydrogen) atoms. The number of oxime groups is 1. The average molecular weight is 262 g/mol. The molecule has 0 radical (unpaired) electrons. The van der Waals surface area contributed by atoms with Crippen LogP contribution in [0.4, 0.5) is 4.39 Å². The summed E-state index contributed by atoms with van der Waals surface area (Å²) >= 11 is 0. The Morgan fingerprint density at radius 2 is 2.32 bits per heavy atom. The summed E-state index contributed by atoms with van der Waals surface area (Å²) in [5.74, 6) is -0.741. The lowest BCUT2D eigenvalue weighted by Crippen LogP contribution is -2.29. The molecule has 0 fully saturated rings. The van der Waals surface area contributed by atoms with Gasteiger partial charge in [-0.05, 0) is 23.8 Å². The van der Waals surface area contributed by atoms with Crippen LogP contribution in [-0.4, -0.2) is 20.6 Å². The van der Waals surface area contributed by atoms with Gasteiger partial charge in [-0.15, -0.1) is 0 Å². The number of hydrogen-bond donors (Lipinski definition) is 2. The third kappa shape index (κ3) is 2.76. The van der Waals surface area contributed by atoms with Crippen molar-refractivity contribution in [1.82, 2.24) is 9.55 Å². The Bertz CT molecular complexity index is 681. The molecular formula is C12H11FN4O2. The van der Waals surface area contributed by atoms with E-state index in [1.165, 1.54) is 29.1 Å². The Hall–Kier alpha value is -2.70. The Balaban J connectivity index is 2.39. The molecule has 0 saturated carbocycles. The topological polar surface area (TPSA) is 93.5 Å². The van der Waals surface area contributed by atoms with Crippen LogP contribution in [0.25, 0.3) is 0 Å². The smallest absolute Gasteiger partial charge is 0.261 e. The third-order valence-electron chi connectivity index (χ3n) is 2.52. The van der Waals surface area contributed by atoms with Gasteiger partial charge in [0, 0.05) is 12.4 Å². The summed E-state index contributed by atoms with van der Waals surface area (Å²) in [5.41, 5.74) is 5.59. The molecule has 2 rings (SSSR count). The summed E-state index contributed by atoms with van der Waals surface area (Å²) in [6.07, 6.45) is 4.08. The van der Waals surface area contributed by atoms with Crippen molar-refractivity contribution in [2.75, 3.05) is 0 Å². The molecule has 0 atom stereocenters. The minimum absolute atomic E-state index is 0.0781. The zero-order valence-corrected chi connectivity index (χ0v) is 9.82. The average Bonchev–Trinajstić information content (AvgIpc) is 2.40. The van der Waals surface area contributed by atoms with Gasteiger partial charge < -0.3 is 15.5 Å². The monoisotopic (exact) mass is 262 g/mol. The highest BCUT2D eigenvalue weighted by molar-refractivity contribution is 5.96. The van der Waals surface area contributed by atoms with Crippen LogP contribution in [0.3, 0.4) is 0 Å². The van der Waals surface area contributed by atoms with E-state index >= 15 is 0 Å². The van der Waals surface area contributed by atoms with Crippen molar-refractivity contribution >= 4 is 5.84 Å². The van der Waals surface area contributed by atoms with Crippen molar-refractivity contribution in [1.29, 1.82) is 0 Å². The van der Waals surface area contributed by atoms with Crippen molar-refractivity contribution in [3.05, 3.63) is 64.1 Å². The minimum atomic E-state index is -0.474. The fourth-order valence-electron chi connectivity index (χ4n) is 1.65. The molecule has 0 aromatic carbocycles. The lowest BCUT2D eigenvalue weighted by molar-refractivity contribution is 0.318. The number of halogens is 1. The van der Waals surface area contributed by atoms with Crippen LogP contribution in [0.15, 0.2) is 46.7 Å². The second-order valence-electron chi connectivity index (χ2n) is 3.85. The zero-order chi connectivity index (χ0) is 13.8. The fourth-order valence-corrected chi connectivity index (χ4v) is 1.65. The number of pyridine rings is 2. The molecule has 0 aliphatic heterocycles. The maximum atomic E-state index is 13.0. The van der Waals surface area contributed by atoms with Crippen molar-refractivity contribution in [3.8, 4) is 0 Å². The van der Waals surface area contributed by atoms with E-state index in [9.17, 15) is 9.18 Å². The van der Waals surface area contributed by atoms with E-state index in [-0.39, 0.29) is 17.9 Å². The number of amidine groups is 1. The van der Waals surface area contributed by atoms with Gasteiger partial charge in [-0.25, -0.2) is 4.39 Å². The lowest BCUT2D eigenvalue weighted by Gasteiger charge is -2.07. The van der Waals surface area contributed by atoms with E-state index < -0.39 is 11.4 Å². The summed E-state index contributed by atoms with van der Waals surface area (Å²) in [4.78, 5) is 15.7. The van der Waals surface area contributed by atoms with Crippen molar-refractivity contribution < 1.29 is 9.60 Å². The molecule has 0 amide bonds. The standard InChI is InChI=1S/C12H11FN4O2/c13-9-4-8(5-15-6-9)7-17-3-1-2-10(12(17)18)11(14)16-19/h1-6,19H,7H2,(H2,14,16). The van der Waals surface area contributed by atoms with Crippen molar-refractivity contribution in [2.24, 2.45) is 10.9 Å². The van der Waals surface area contributed by atoms with Gasteiger partial charge >= 0.3 is 0 Å². The first kappa shape index (κ1) is 12.7. The molecule has 2 heterocycles. The van der Waals surface area contributed by atoms with Gasteiger partial charge in [0.1, 0.15) is 5.82 Å². The normalized spacial score (nSPS) is 11.5. The van der Waals surface area contributed by atoms with Crippen LogP contribution in [0, 0.1) is 5.82 Å². The lowest BCUT2D eigenvalue weighted by atomic mass is 10.2. The predicted molar refractivity (Wildman–Crippen MR) is 66.5 cm³/mol. The van der Waals surface area contributed by atoms with Gasteiger partial charge in [0.15, 0.2) is 5.84 Å². The van der Waals surface area contributed by atoms with E-state index in [1.807, 2.05) is 0 Å². The summed E-state index contributed by atoms with van der Waals surface area (Å²) in [6.45, 7) is 0.149. The van der Waals surface area contributed by atoms with E-state index in [0.717, 1.165) is 6.20 Å². The van der Waals surface area contributed by atoms with E-state index in [4.69, 9.17) is 10.9 Å². The molecule has 3 N–H and O–H groups in total. The molecule has 2 aromatic heterocycles. The van der Waals surface area contributed by atoms with Gasteiger partial charge in [-0.2, -0.15) is 0 Å². The highest BCUT2D eigenvalue weighted by Crippen LogP contribution is 2.03. The van der Waals surface area contributed by atoms with Crippen LogP contribution >= 0.6 is 0 Å². The van der Waals surface area contributed by atoms with Gasteiger partial charge in [0.25, 0.3) is 5.56 Å². The first-order valence-corrected chi connectivity index (χ1v) is 5.38. The molecule has 0 bridgehead atoms. The number of rotatable bonds is 3. The molecule has 0 aliphatic rings.